The molecule has 2 rings (SSSR count). The number of ether oxygens (including phenoxy) is 1. The molecular weight excluding hydrogens is 276 g/mol. The predicted octanol–water partition coefficient (Wildman–Crippen LogP) is 3.92. The summed E-state index contributed by atoms with van der Waals surface area (Å²) in [4.78, 5) is 12.1. The van der Waals surface area contributed by atoms with Gasteiger partial charge in [0.1, 0.15) is 5.75 Å². The number of nitrogens with one attached hydrogen (secondary N) is 1. The van der Waals surface area contributed by atoms with E-state index in [0.29, 0.717) is 18.0 Å². The first-order chi connectivity index (χ1) is 10.0. The molecule has 2 aromatic rings. The summed E-state index contributed by atoms with van der Waals surface area (Å²) in [6, 6.07) is 8.69. The van der Waals surface area contributed by atoms with Crippen molar-refractivity contribution in [3.63, 3.8) is 0 Å². The number of anilines is 1. The van der Waals surface area contributed by atoms with E-state index in [1.54, 1.807) is 18.2 Å². The van der Waals surface area contributed by atoms with Gasteiger partial charge in [-0.1, -0.05) is 12.1 Å². The molecule has 0 spiro atoms. The van der Waals surface area contributed by atoms with Crippen LogP contribution in [0.1, 0.15) is 22.8 Å². The fraction of sp³-hybridized carbons (Fsp3) is 0.188. The van der Waals surface area contributed by atoms with Gasteiger partial charge >= 0.3 is 0 Å². The minimum atomic E-state index is -1.17. The van der Waals surface area contributed by atoms with Crippen molar-refractivity contribution in [3.05, 3.63) is 59.2 Å². The Kier molecular flexibility index (Phi) is 4.52. The van der Waals surface area contributed by atoms with E-state index in [4.69, 9.17) is 4.74 Å². The summed E-state index contributed by atoms with van der Waals surface area (Å²) < 4.78 is 32.2. The number of rotatable bonds is 4. The zero-order chi connectivity index (χ0) is 15.4. The van der Waals surface area contributed by atoms with Gasteiger partial charge in [-0.3, -0.25) is 4.79 Å². The molecule has 0 heterocycles. The average molecular weight is 291 g/mol. The van der Waals surface area contributed by atoms with Gasteiger partial charge in [-0.2, -0.15) is 0 Å². The van der Waals surface area contributed by atoms with E-state index >= 15 is 0 Å². The molecule has 0 aliphatic heterocycles. The Morgan fingerprint density at radius 2 is 2.00 bits per heavy atom. The van der Waals surface area contributed by atoms with Crippen LogP contribution in [0.3, 0.4) is 0 Å². The first kappa shape index (κ1) is 15.0. The largest absolute Gasteiger partial charge is 0.492 e. The smallest absolute Gasteiger partial charge is 0.258 e. The Hall–Kier alpha value is -2.43. The lowest BCUT2D eigenvalue weighted by Gasteiger charge is -2.12. The number of carbonyl (C=O) groups excluding carboxylic acids is 1. The molecule has 0 atom stereocenters. The summed E-state index contributed by atoms with van der Waals surface area (Å²) in [5.74, 6) is -2.46. The van der Waals surface area contributed by atoms with Crippen molar-refractivity contribution >= 4 is 11.6 Å². The highest BCUT2D eigenvalue weighted by Gasteiger charge is 2.16. The molecule has 0 saturated carbocycles. The third-order valence-electron chi connectivity index (χ3n) is 2.88. The SMILES string of the molecule is CCOc1cc(C)ccc1NC(=O)c1cccc(F)c1F. The van der Waals surface area contributed by atoms with E-state index in [9.17, 15) is 13.6 Å². The maximum Gasteiger partial charge on any atom is 0.258 e. The highest BCUT2D eigenvalue weighted by Crippen LogP contribution is 2.26. The first-order valence-corrected chi connectivity index (χ1v) is 6.51. The standard InChI is InChI=1S/C16H15F2NO2/c1-3-21-14-9-10(2)7-8-13(14)19-16(20)11-5-4-6-12(17)15(11)18/h4-9H,3H2,1-2H3,(H,19,20). The summed E-state index contributed by atoms with van der Waals surface area (Å²) >= 11 is 0. The molecule has 0 aliphatic rings. The molecule has 0 bridgehead atoms. The summed E-state index contributed by atoms with van der Waals surface area (Å²) in [6.45, 7) is 4.14. The zero-order valence-corrected chi connectivity index (χ0v) is 11.7. The fourth-order valence-electron chi connectivity index (χ4n) is 1.88. The second-order valence-corrected chi connectivity index (χ2v) is 4.49. The van der Waals surface area contributed by atoms with Crippen LogP contribution in [0.4, 0.5) is 14.5 Å². The molecule has 110 valence electrons. The van der Waals surface area contributed by atoms with Gasteiger partial charge in [0.15, 0.2) is 11.6 Å². The predicted molar refractivity (Wildman–Crippen MR) is 76.7 cm³/mol. The van der Waals surface area contributed by atoms with Gasteiger partial charge in [-0.25, -0.2) is 8.78 Å². The van der Waals surface area contributed by atoms with Crippen molar-refractivity contribution in [2.75, 3.05) is 11.9 Å². The number of benzene rings is 2. The van der Waals surface area contributed by atoms with Crippen LogP contribution in [0.15, 0.2) is 36.4 Å². The van der Waals surface area contributed by atoms with Crippen molar-refractivity contribution in [1.29, 1.82) is 0 Å². The second kappa shape index (κ2) is 6.35. The molecule has 0 radical (unpaired) electrons. The maximum absolute atomic E-state index is 13.6. The molecule has 1 amide bonds. The van der Waals surface area contributed by atoms with Crippen LogP contribution in [0.25, 0.3) is 0 Å². The van der Waals surface area contributed by atoms with Gasteiger partial charge < -0.3 is 10.1 Å². The Morgan fingerprint density at radius 1 is 1.24 bits per heavy atom. The number of carbonyl (C=O) groups is 1. The van der Waals surface area contributed by atoms with Crippen LogP contribution in [-0.4, -0.2) is 12.5 Å². The Morgan fingerprint density at radius 3 is 2.71 bits per heavy atom. The topological polar surface area (TPSA) is 38.3 Å². The monoisotopic (exact) mass is 291 g/mol. The molecule has 0 unspecified atom stereocenters. The van der Waals surface area contributed by atoms with Crippen molar-refractivity contribution < 1.29 is 18.3 Å². The zero-order valence-electron chi connectivity index (χ0n) is 11.7. The number of halogens is 2. The van der Waals surface area contributed by atoms with Crippen LogP contribution in [0.5, 0.6) is 5.75 Å². The summed E-state index contributed by atoms with van der Waals surface area (Å²) in [5, 5.41) is 2.54. The summed E-state index contributed by atoms with van der Waals surface area (Å²) in [5.41, 5.74) is 1.03. The van der Waals surface area contributed by atoms with Crippen LogP contribution in [0, 0.1) is 18.6 Å². The molecule has 0 aliphatic carbocycles. The molecule has 1 N–H and O–H groups in total. The van der Waals surface area contributed by atoms with Gasteiger partial charge in [0, 0.05) is 0 Å². The minimum absolute atomic E-state index is 0.349. The average Bonchev–Trinajstić information content (AvgIpc) is 2.45. The van der Waals surface area contributed by atoms with Crippen LogP contribution < -0.4 is 10.1 Å². The minimum Gasteiger partial charge on any atom is -0.492 e. The third-order valence-corrected chi connectivity index (χ3v) is 2.88. The van der Waals surface area contributed by atoms with Crippen LogP contribution in [0.2, 0.25) is 0 Å². The Bertz CT molecular complexity index is 671. The number of hydrogen-bond donors (Lipinski definition) is 1. The van der Waals surface area contributed by atoms with Gasteiger partial charge in [0.05, 0.1) is 17.9 Å². The van der Waals surface area contributed by atoms with Crippen molar-refractivity contribution in [2.24, 2.45) is 0 Å². The second-order valence-electron chi connectivity index (χ2n) is 4.49. The van der Waals surface area contributed by atoms with Gasteiger partial charge in [0.25, 0.3) is 5.91 Å². The highest BCUT2D eigenvalue weighted by molar-refractivity contribution is 6.05. The van der Waals surface area contributed by atoms with E-state index in [1.807, 2.05) is 13.8 Å². The van der Waals surface area contributed by atoms with Gasteiger partial charge in [0.2, 0.25) is 0 Å². The molecule has 21 heavy (non-hydrogen) atoms. The lowest BCUT2D eigenvalue weighted by molar-refractivity contribution is 0.102. The normalized spacial score (nSPS) is 10.3. The highest BCUT2D eigenvalue weighted by atomic mass is 19.2. The van der Waals surface area contributed by atoms with Crippen LogP contribution >= 0.6 is 0 Å². The lowest BCUT2D eigenvalue weighted by Crippen LogP contribution is -2.15. The van der Waals surface area contributed by atoms with Crippen molar-refractivity contribution in [2.45, 2.75) is 13.8 Å². The van der Waals surface area contributed by atoms with Crippen molar-refractivity contribution in [1.82, 2.24) is 0 Å². The van der Waals surface area contributed by atoms with Crippen LogP contribution in [-0.2, 0) is 0 Å². The van der Waals surface area contributed by atoms with E-state index in [2.05, 4.69) is 5.32 Å². The van der Waals surface area contributed by atoms with E-state index < -0.39 is 17.5 Å². The molecule has 0 saturated heterocycles. The Labute approximate surface area is 121 Å². The third kappa shape index (κ3) is 3.37. The number of amides is 1. The quantitative estimate of drug-likeness (QED) is 0.927. The number of aryl methyl sites for hydroxylation is 1. The molecule has 5 heteroatoms. The van der Waals surface area contributed by atoms with Crippen molar-refractivity contribution in [3.8, 4) is 5.75 Å². The molecular formula is C16H15F2NO2. The van der Waals surface area contributed by atoms with E-state index in [-0.39, 0.29) is 5.56 Å². The van der Waals surface area contributed by atoms with Gasteiger partial charge in [-0.05, 0) is 43.7 Å². The van der Waals surface area contributed by atoms with E-state index in [1.165, 1.54) is 12.1 Å². The molecule has 2 aromatic carbocycles. The Balaban J connectivity index is 2.29. The van der Waals surface area contributed by atoms with Gasteiger partial charge in [-0.15, -0.1) is 0 Å². The molecule has 0 aromatic heterocycles. The first-order valence-electron chi connectivity index (χ1n) is 6.51. The fourth-order valence-corrected chi connectivity index (χ4v) is 1.88. The lowest BCUT2D eigenvalue weighted by atomic mass is 10.1. The molecule has 0 fully saturated rings. The maximum atomic E-state index is 13.6. The summed E-state index contributed by atoms with van der Waals surface area (Å²) in [7, 11) is 0. The number of hydrogen-bond acceptors (Lipinski definition) is 2. The molecule has 3 nitrogen and oxygen atoms in total. The van der Waals surface area contributed by atoms with E-state index in [0.717, 1.165) is 11.6 Å². The summed E-state index contributed by atoms with van der Waals surface area (Å²) in [6.07, 6.45) is 0.